The van der Waals surface area contributed by atoms with Gasteiger partial charge in [0.2, 0.25) is 0 Å². The van der Waals surface area contributed by atoms with Crippen LogP contribution in [0.25, 0.3) is 0 Å². The summed E-state index contributed by atoms with van der Waals surface area (Å²) < 4.78 is 38.1. The molecule has 0 aliphatic carbocycles. The van der Waals surface area contributed by atoms with Crippen molar-refractivity contribution < 1.29 is 13.2 Å². The van der Waals surface area contributed by atoms with Crippen molar-refractivity contribution in [3.05, 3.63) is 48.0 Å². The second-order valence-corrected chi connectivity index (χ2v) is 4.25. The van der Waals surface area contributed by atoms with Crippen LogP contribution in [0, 0.1) is 0 Å². The minimum atomic E-state index is -4.16. The zero-order chi connectivity index (χ0) is 13.7. The first-order chi connectivity index (χ1) is 9.04. The Morgan fingerprint density at radius 2 is 1.79 bits per heavy atom. The summed E-state index contributed by atoms with van der Waals surface area (Å²) in [4.78, 5) is 3.88. The standard InChI is InChI=1S/C13H14F3N3/c14-13(15,16)8-6-12-17-10-18-19(12)9-7-11-4-2-1-3-5-11/h1-5,10H,6-9H2. The van der Waals surface area contributed by atoms with Crippen LogP contribution in [-0.4, -0.2) is 20.9 Å². The molecule has 0 saturated carbocycles. The summed E-state index contributed by atoms with van der Waals surface area (Å²) >= 11 is 0. The van der Waals surface area contributed by atoms with Crippen molar-refractivity contribution in [3.63, 3.8) is 0 Å². The number of rotatable bonds is 5. The van der Waals surface area contributed by atoms with E-state index in [9.17, 15) is 13.2 Å². The average Bonchev–Trinajstić information content (AvgIpc) is 2.82. The fourth-order valence-corrected chi connectivity index (χ4v) is 1.80. The first kappa shape index (κ1) is 13.6. The number of hydrogen-bond acceptors (Lipinski definition) is 2. The van der Waals surface area contributed by atoms with Crippen LogP contribution in [0.2, 0.25) is 0 Å². The van der Waals surface area contributed by atoms with Crippen LogP contribution < -0.4 is 0 Å². The molecule has 0 aliphatic heterocycles. The van der Waals surface area contributed by atoms with Crippen molar-refractivity contribution in [3.8, 4) is 0 Å². The molecule has 2 rings (SSSR count). The molecule has 0 atom stereocenters. The SMILES string of the molecule is FC(F)(F)CCc1ncnn1CCc1ccccc1. The Labute approximate surface area is 109 Å². The minimum Gasteiger partial charge on any atom is -0.250 e. The number of aryl methyl sites for hydroxylation is 3. The summed E-state index contributed by atoms with van der Waals surface area (Å²) in [5.41, 5.74) is 1.12. The normalized spacial score (nSPS) is 11.7. The van der Waals surface area contributed by atoms with E-state index in [-0.39, 0.29) is 6.42 Å². The van der Waals surface area contributed by atoms with E-state index in [2.05, 4.69) is 10.1 Å². The molecule has 0 spiro atoms. The van der Waals surface area contributed by atoms with Crippen LogP contribution in [0.5, 0.6) is 0 Å². The number of alkyl halides is 3. The highest BCUT2D eigenvalue weighted by Gasteiger charge is 2.27. The Kier molecular flexibility index (Phi) is 4.19. The van der Waals surface area contributed by atoms with Crippen LogP contribution in [-0.2, 0) is 19.4 Å². The third-order valence-corrected chi connectivity index (χ3v) is 2.78. The predicted octanol–water partition coefficient (Wildman–Crippen LogP) is 3.02. The molecule has 3 nitrogen and oxygen atoms in total. The Bertz CT molecular complexity index is 505. The maximum Gasteiger partial charge on any atom is 0.389 e. The van der Waals surface area contributed by atoms with Gasteiger partial charge in [0.05, 0.1) is 6.42 Å². The monoisotopic (exact) mass is 269 g/mol. The zero-order valence-corrected chi connectivity index (χ0v) is 10.3. The first-order valence-corrected chi connectivity index (χ1v) is 6.02. The maximum absolute atomic E-state index is 12.2. The van der Waals surface area contributed by atoms with Crippen LogP contribution in [0.1, 0.15) is 17.8 Å². The van der Waals surface area contributed by atoms with Crippen LogP contribution in [0.15, 0.2) is 36.7 Å². The van der Waals surface area contributed by atoms with Crippen LogP contribution in [0.4, 0.5) is 13.2 Å². The third kappa shape index (κ3) is 4.39. The van der Waals surface area contributed by atoms with Gasteiger partial charge in [-0.2, -0.15) is 18.3 Å². The number of nitrogens with zero attached hydrogens (tertiary/aromatic N) is 3. The van der Waals surface area contributed by atoms with Gasteiger partial charge in [-0.25, -0.2) is 9.67 Å². The molecular formula is C13H14F3N3. The molecule has 2 aromatic rings. The third-order valence-electron chi connectivity index (χ3n) is 2.78. The van der Waals surface area contributed by atoms with E-state index < -0.39 is 12.6 Å². The number of hydrogen-bond donors (Lipinski definition) is 0. The molecule has 6 heteroatoms. The molecule has 1 aromatic carbocycles. The second-order valence-electron chi connectivity index (χ2n) is 4.25. The van der Waals surface area contributed by atoms with Gasteiger partial charge in [0, 0.05) is 13.0 Å². The molecule has 102 valence electrons. The fourth-order valence-electron chi connectivity index (χ4n) is 1.80. The van der Waals surface area contributed by atoms with Gasteiger partial charge in [0.25, 0.3) is 0 Å². The highest BCUT2D eigenvalue weighted by Crippen LogP contribution is 2.21. The van der Waals surface area contributed by atoms with Gasteiger partial charge in [-0.1, -0.05) is 30.3 Å². The van der Waals surface area contributed by atoms with E-state index in [1.54, 1.807) is 4.68 Å². The average molecular weight is 269 g/mol. The molecule has 0 bridgehead atoms. The molecule has 0 fully saturated rings. The van der Waals surface area contributed by atoms with Crippen molar-refractivity contribution in [2.24, 2.45) is 0 Å². The van der Waals surface area contributed by atoms with Gasteiger partial charge >= 0.3 is 6.18 Å². The van der Waals surface area contributed by atoms with Crippen molar-refractivity contribution >= 4 is 0 Å². The molecule has 1 aromatic heterocycles. The second kappa shape index (κ2) is 5.86. The molecule has 0 unspecified atom stereocenters. The summed E-state index contributed by atoms with van der Waals surface area (Å²) in [6.07, 6.45) is -3.12. The smallest absolute Gasteiger partial charge is 0.250 e. The van der Waals surface area contributed by atoms with Gasteiger partial charge in [0.15, 0.2) is 0 Å². The lowest BCUT2D eigenvalue weighted by atomic mass is 10.1. The summed E-state index contributed by atoms with van der Waals surface area (Å²) in [6.45, 7) is 0.539. The largest absolute Gasteiger partial charge is 0.389 e. The fraction of sp³-hybridized carbons (Fsp3) is 0.385. The van der Waals surface area contributed by atoms with E-state index in [0.717, 1.165) is 12.0 Å². The molecule has 0 aliphatic rings. The van der Waals surface area contributed by atoms with Crippen molar-refractivity contribution in [2.45, 2.75) is 32.0 Å². The summed E-state index contributed by atoms with van der Waals surface area (Å²) in [5, 5.41) is 3.97. The van der Waals surface area contributed by atoms with E-state index >= 15 is 0 Å². The van der Waals surface area contributed by atoms with Gasteiger partial charge in [-0.15, -0.1) is 0 Å². The van der Waals surface area contributed by atoms with Gasteiger partial charge in [0.1, 0.15) is 12.2 Å². The lowest BCUT2D eigenvalue weighted by Gasteiger charge is -2.08. The van der Waals surface area contributed by atoms with E-state index in [1.165, 1.54) is 6.33 Å². The summed E-state index contributed by atoms with van der Waals surface area (Å²) in [6, 6.07) is 9.74. The molecule has 0 saturated heterocycles. The van der Waals surface area contributed by atoms with E-state index in [1.807, 2.05) is 30.3 Å². The van der Waals surface area contributed by atoms with Crippen molar-refractivity contribution in [1.82, 2.24) is 14.8 Å². The lowest BCUT2D eigenvalue weighted by Crippen LogP contribution is -2.13. The Morgan fingerprint density at radius 1 is 1.05 bits per heavy atom. The summed E-state index contributed by atoms with van der Waals surface area (Å²) in [5.74, 6) is 0.383. The molecule has 0 amide bonds. The molecule has 19 heavy (non-hydrogen) atoms. The minimum absolute atomic E-state index is 0.127. The molecule has 1 heterocycles. The highest BCUT2D eigenvalue weighted by molar-refractivity contribution is 5.14. The quantitative estimate of drug-likeness (QED) is 0.835. The lowest BCUT2D eigenvalue weighted by molar-refractivity contribution is -0.134. The van der Waals surface area contributed by atoms with Crippen molar-refractivity contribution in [2.75, 3.05) is 0 Å². The first-order valence-electron chi connectivity index (χ1n) is 6.02. The van der Waals surface area contributed by atoms with E-state index in [0.29, 0.717) is 12.4 Å². The maximum atomic E-state index is 12.2. The Hall–Kier alpha value is -1.85. The van der Waals surface area contributed by atoms with Gasteiger partial charge in [-0.3, -0.25) is 0 Å². The molecule has 0 radical (unpaired) electrons. The Balaban J connectivity index is 1.92. The molecular weight excluding hydrogens is 255 g/mol. The summed E-state index contributed by atoms with van der Waals surface area (Å²) in [7, 11) is 0. The predicted molar refractivity (Wildman–Crippen MR) is 64.5 cm³/mol. The number of halogens is 3. The topological polar surface area (TPSA) is 30.7 Å². The highest BCUT2D eigenvalue weighted by atomic mass is 19.4. The number of benzene rings is 1. The van der Waals surface area contributed by atoms with Crippen LogP contribution in [0.3, 0.4) is 0 Å². The molecule has 0 N–H and O–H groups in total. The zero-order valence-electron chi connectivity index (χ0n) is 10.3. The van der Waals surface area contributed by atoms with Crippen molar-refractivity contribution in [1.29, 1.82) is 0 Å². The van der Waals surface area contributed by atoms with Gasteiger partial charge in [-0.05, 0) is 12.0 Å². The van der Waals surface area contributed by atoms with E-state index in [4.69, 9.17) is 0 Å². The Morgan fingerprint density at radius 3 is 2.47 bits per heavy atom. The van der Waals surface area contributed by atoms with Crippen LogP contribution >= 0.6 is 0 Å². The van der Waals surface area contributed by atoms with Gasteiger partial charge < -0.3 is 0 Å². The number of aromatic nitrogens is 3.